The molecule has 5 heterocycles. The lowest BCUT2D eigenvalue weighted by atomic mass is 9.91. The van der Waals surface area contributed by atoms with Crippen LogP contribution in [-0.4, -0.2) is 73.9 Å². The van der Waals surface area contributed by atoms with Gasteiger partial charge >= 0.3 is 0 Å². The number of amides is 1. The van der Waals surface area contributed by atoms with E-state index in [1.54, 1.807) is 28.7 Å². The van der Waals surface area contributed by atoms with Crippen LogP contribution in [0.5, 0.6) is 5.88 Å². The van der Waals surface area contributed by atoms with Crippen LogP contribution in [0.2, 0.25) is 0 Å². The maximum Gasteiger partial charge on any atom is 0.291 e. The number of fused-ring (bicyclic) bond motifs is 2. The van der Waals surface area contributed by atoms with Gasteiger partial charge in [0.25, 0.3) is 5.92 Å². The van der Waals surface area contributed by atoms with Gasteiger partial charge in [-0.3, -0.25) is 14.7 Å². The summed E-state index contributed by atoms with van der Waals surface area (Å²) in [6, 6.07) is 5.05. The molecule has 2 N–H and O–H groups in total. The molecular weight excluding hydrogens is 492 g/mol. The Morgan fingerprint density at radius 1 is 1.32 bits per heavy atom. The van der Waals surface area contributed by atoms with Crippen molar-refractivity contribution in [2.45, 2.75) is 70.5 Å². The first-order valence-electron chi connectivity index (χ1n) is 13.2. The molecule has 0 bridgehead atoms. The Morgan fingerprint density at radius 2 is 2.11 bits per heavy atom. The highest BCUT2D eigenvalue weighted by Gasteiger charge is 2.43. The summed E-state index contributed by atoms with van der Waals surface area (Å²) in [6.07, 6.45) is 3.49. The standard InChI is InChI=1S/C27H35F2N7O2/c1-5-8-27(28,29)22-10-21-24(33-32-22)26(3,4)16-36(21)23(37)15-34-12-17(2)31-11-18(34)13-35-14-20-19(25(35)38)7-6-9-30-20/h6-7,9-10,14,17-18,31,38H,5,8,11-13,15-16H2,1-4H3/t17-,18-/m1/s1. The molecule has 38 heavy (non-hydrogen) atoms. The highest BCUT2D eigenvalue weighted by Crippen LogP contribution is 2.42. The highest BCUT2D eigenvalue weighted by atomic mass is 19.3. The molecular formula is C27H35F2N7O2. The summed E-state index contributed by atoms with van der Waals surface area (Å²) in [7, 11) is 0. The Balaban J connectivity index is 1.39. The number of pyridine rings is 1. The lowest BCUT2D eigenvalue weighted by molar-refractivity contribution is -0.120. The van der Waals surface area contributed by atoms with E-state index in [2.05, 4.69) is 32.3 Å². The lowest BCUT2D eigenvalue weighted by Crippen LogP contribution is -2.59. The molecule has 0 aromatic carbocycles. The van der Waals surface area contributed by atoms with Gasteiger partial charge < -0.3 is 19.9 Å². The fourth-order valence-electron chi connectivity index (χ4n) is 5.57. The van der Waals surface area contributed by atoms with Gasteiger partial charge in [-0.25, -0.2) is 0 Å². The number of hydrogen-bond donors (Lipinski definition) is 2. The Bertz CT molecular complexity index is 1340. The molecule has 0 unspecified atom stereocenters. The Hall–Kier alpha value is -3.18. The van der Waals surface area contributed by atoms with E-state index in [1.165, 1.54) is 6.07 Å². The second-order valence-electron chi connectivity index (χ2n) is 11.2. The van der Waals surface area contributed by atoms with E-state index in [0.717, 1.165) is 0 Å². The van der Waals surface area contributed by atoms with Crippen LogP contribution >= 0.6 is 0 Å². The largest absolute Gasteiger partial charge is 0.494 e. The van der Waals surface area contributed by atoms with Crippen molar-refractivity contribution in [1.29, 1.82) is 0 Å². The number of nitrogens with one attached hydrogen (secondary N) is 1. The summed E-state index contributed by atoms with van der Waals surface area (Å²) < 4.78 is 31.1. The normalized spacial score (nSPS) is 21.7. The number of hydrogen-bond acceptors (Lipinski definition) is 7. The Kier molecular flexibility index (Phi) is 6.85. The number of rotatable bonds is 7. The molecule has 11 heteroatoms. The van der Waals surface area contributed by atoms with Crippen LogP contribution in [0.15, 0.2) is 30.6 Å². The van der Waals surface area contributed by atoms with E-state index in [9.17, 15) is 18.7 Å². The minimum absolute atomic E-state index is 0.0713. The smallest absolute Gasteiger partial charge is 0.291 e. The fourth-order valence-corrected chi connectivity index (χ4v) is 5.57. The summed E-state index contributed by atoms with van der Waals surface area (Å²) in [5.74, 6) is -3.13. The Morgan fingerprint density at radius 3 is 2.84 bits per heavy atom. The number of nitrogens with zero attached hydrogens (tertiary/aromatic N) is 6. The summed E-state index contributed by atoms with van der Waals surface area (Å²) in [6.45, 7) is 9.86. The van der Waals surface area contributed by atoms with Crippen LogP contribution in [-0.2, 0) is 22.7 Å². The number of carbonyl (C=O) groups excluding carboxylic acids is 1. The summed E-state index contributed by atoms with van der Waals surface area (Å²) in [4.78, 5) is 21.7. The second-order valence-corrected chi connectivity index (χ2v) is 11.2. The Labute approximate surface area is 220 Å². The van der Waals surface area contributed by atoms with E-state index in [4.69, 9.17) is 0 Å². The number of halogens is 2. The van der Waals surface area contributed by atoms with Gasteiger partial charge in [0.15, 0.2) is 0 Å². The summed E-state index contributed by atoms with van der Waals surface area (Å²) >= 11 is 0. The maximum absolute atomic E-state index is 14.7. The van der Waals surface area contributed by atoms with E-state index in [1.807, 2.05) is 26.1 Å². The van der Waals surface area contributed by atoms with Gasteiger partial charge in [0.1, 0.15) is 5.69 Å². The van der Waals surface area contributed by atoms with Gasteiger partial charge in [-0.15, -0.1) is 5.10 Å². The fraction of sp³-hybridized carbons (Fsp3) is 0.556. The molecule has 2 atom stereocenters. The van der Waals surface area contributed by atoms with Crippen LogP contribution in [0.3, 0.4) is 0 Å². The highest BCUT2D eigenvalue weighted by molar-refractivity contribution is 5.97. The quantitative estimate of drug-likeness (QED) is 0.486. The van der Waals surface area contributed by atoms with Crippen LogP contribution in [0.25, 0.3) is 10.9 Å². The molecule has 3 aromatic heterocycles. The van der Waals surface area contributed by atoms with Gasteiger partial charge in [0.2, 0.25) is 11.8 Å². The maximum atomic E-state index is 14.7. The third kappa shape index (κ3) is 4.84. The molecule has 5 rings (SSSR count). The van der Waals surface area contributed by atoms with Crippen molar-refractivity contribution in [2.24, 2.45) is 0 Å². The van der Waals surface area contributed by atoms with Crippen molar-refractivity contribution in [1.82, 2.24) is 30.0 Å². The average Bonchev–Trinajstić information content (AvgIpc) is 3.33. The van der Waals surface area contributed by atoms with Crippen LogP contribution in [0.4, 0.5) is 14.5 Å². The van der Waals surface area contributed by atoms with Gasteiger partial charge in [-0.2, -0.15) is 13.9 Å². The second kappa shape index (κ2) is 9.85. The molecule has 1 amide bonds. The van der Waals surface area contributed by atoms with Gasteiger partial charge in [0, 0.05) is 62.5 Å². The minimum Gasteiger partial charge on any atom is -0.494 e. The molecule has 9 nitrogen and oxygen atoms in total. The summed E-state index contributed by atoms with van der Waals surface area (Å²) in [5.41, 5.74) is 0.782. The van der Waals surface area contributed by atoms with E-state index < -0.39 is 17.0 Å². The topological polar surface area (TPSA) is 99.4 Å². The third-order valence-electron chi connectivity index (χ3n) is 7.60. The van der Waals surface area contributed by atoms with E-state index in [-0.39, 0.29) is 36.8 Å². The molecule has 2 aliphatic heterocycles. The van der Waals surface area contributed by atoms with Crippen LogP contribution in [0.1, 0.15) is 51.9 Å². The first-order valence-corrected chi connectivity index (χ1v) is 13.2. The number of alkyl halides is 2. The monoisotopic (exact) mass is 527 g/mol. The SMILES string of the molecule is CCCC(F)(F)c1cc2c(nn1)C(C)(C)CN2C(=O)CN1C[C@@H](C)NC[C@@H]1Cn1cc2ncccc2c1O. The number of carbonyl (C=O) groups is 1. The van der Waals surface area contributed by atoms with Crippen molar-refractivity contribution in [3.8, 4) is 5.88 Å². The minimum atomic E-state index is -3.10. The molecule has 2 aliphatic rings. The number of aromatic hydroxyl groups is 1. The van der Waals surface area contributed by atoms with Gasteiger partial charge in [-0.1, -0.05) is 27.2 Å². The average molecular weight is 528 g/mol. The van der Waals surface area contributed by atoms with Crippen molar-refractivity contribution in [2.75, 3.05) is 31.1 Å². The number of piperazine rings is 1. The zero-order valence-electron chi connectivity index (χ0n) is 22.3. The van der Waals surface area contributed by atoms with Gasteiger partial charge in [0.05, 0.1) is 28.8 Å². The zero-order chi connectivity index (χ0) is 27.2. The molecule has 0 radical (unpaired) electrons. The van der Waals surface area contributed by atoms with Crippen molar-refractivity contribution >= 4 is 22.5 Å². The van der Waals surface area contributed by atoms with E-state index >= 15 is 0 Å². The number of anilines is 1. The first-order chi connectivity index (χ1) is 18.0. The predicted molar refractivity (Wildman–Crippen MR) is 140 cm³/mol. The molecule has 0 spiro atoms. The molecule has 0 aliphatic carbocycles. The molecule has 3 aromatic rings. The number of aromatic nitrogens is 4. The lowest BCUT2D eigenvalue weighted by Gasteiger charge is -2.39. The first kappa shape index (κ1) is 26.4. The van der Waals surface area contributed by atoms with E-state index in [0.29, 0.717) is 54.9 Å². The molecule has 1 saturated heterocycles. The predicted octanol–water partition coefficient (Wildman–Crippen LogP) is 3.41. The third-order valence-corrected chi connectivity index (χ3v) is 7.60. The molecule has 1 fully saturated rings. The van der Waals surface area contributed by atoms with Gasteiger partial charge in [-0.05, 0) is 25.1 Å². The van der Waals surface area contributed by atoms with Crippen molar-refractivity contribution in [3.05, 3.63) is 42.0 Å². The molecule has 204 valence electrons. The van der Waals surface area contributed by atoms with Crippen molar-refractivity contribution < 1.29 is 18.7 Å². The van der Waals surface area contributed by atoms with Crippen molar-refractivity contribution in [3.63, 3.8) is 0 Å². The van der Waals surface area contributed by atoms with Crippen LogP contribution < -0.4 is 10.2 Å². The summed E-state index contributed by atoms with van der Waals surface area (Å²) in [5, 5.41) is 22.9. The molecule has 0 saturated carbocycles. The van der Waals surface area contributed by atoms with Crippen LogP contribution in [0, 0.1) is 0 Å². The zero-order valence-corrected chi connectivity index (χ0v) is 22.3.